The molecule has 2 rings (SSSR count). The molecule has 0 aliphatic heterocycles. The molecule has 1 nitrogen and oxygen atoms in total. The van der Waals surface area contributed by atoms with Crippen LogP contribution in [0, 0.1) is 26.6 Å². The van der Waals surface area contributed by atoms with Gasteiger partial charge < -0.3 is 5.32 Å². The Labute approximate surface area is 120 Å². The van der Waals surface area contributed by atoms with Gasteiger partial charge in [-0.25, -0.2) is 4.39 Å². The summed E-state index contributed by atoms with van der Waals surface area (Å²) in [6.45, 7) is 6.10. The van der Waals surface area contributed by atoms with E-state index in [9.17, 15) is 4.39 Å². The molecule has 0 saturated heterocycles. The molecule has 1 unspecified atom stereocenters. The van der Waals surface area contributed by atoms with Crippen molar-refractivity contribution in [1.82, 2.24) is 5.32 Å². The Hall–Kier alpha value is -1.67. The quantitative estimate of drug-likeness (QED) is 0.876. The number of benzene rings is 2. The zero-order chi connectivity index (χ0) is 14.7. The highest BCUT2D eigenvalue weighted by Gasteiger charge is 2.15. The van der Waals surface area contributed by atoms with Crippen LogP contribution in [0.4, 0.5) is 4.39 Å². The van der Waals surface area contributed by atoms with Gasteiger partial charge in [-0.15, -0.1) is 0 Å². The van der Waals surface area contributed by atoms with Gasteiger partial charge in [-0.2, -0.15) is 0 Å². The van der Waals surface area contributed by atoms with Gasteiger partial charge in [-0.05, 0) is 57.0 Å². The van der Waals surface area contributed by atoms with E-state index in [1.54, 1.807) is 6.07 Å². The Morgan fingerprint density at radius 2 is 1.65 bits per heavy atom. The predicted octanol–water partition coefficient (Wildman–Crippen LogP) is 4.25. The summed E-state index contributed by atoms with van der Waals surface area (Å²) in [6, 6.07) is 11.9. The van der Waals surface area contributed by atoms with Crippen molar-refractivity contribution in [1.29, 1.82) is 0 Å². The lowest BCUT2D eigenvalue weighted by Crippen LogP contribution is -2.20. The van der Waals surface area contributed by atoms with Gasteiger partial charge >= 0.3 is 0 Å². The van der Waals surface area contributed by atoms with Gasteiger partial charge in [0.25, 0.3) is 0 Å². The second kappa shape index (κ2) is 6.19. The molecule has 20 heavy (non-hydrogen) atoms. The van der Waals surface area contributed by atoms with Crippen LogP contribution >= 0.6 is 0 Å². The molecule has 0 saturated carbocycles. The van der Waals surface area contributed by atoms with E-state index in [1.807, 2.05) is 26.1 Å². The van der Waals surface area contributed by atoms with Crippen LogP contribution in [0.5, 0.6) is 0 Å². The molecule has 106 valence electrons. The number of aryl methyl sites for hydroxylation is 3. The van der Waals surface area contributed by atoms with E-state index in [-0.39, 0.29) is 11.9 Å². The molecule has 1 N–H and O–H groups in total. The average molecular weight is 271 g/mol. The van der Waals surface area contributed by atoms with E-state index in [1.165, 1.54) is 16.7 Å². The van der Waals surface area contributed by atoms with Crippen molar-refractivity contribution in [2.24, 2.45) is 0 Å². The topological polar surface area (TPSA) is 12.0 Å². The van der Waals surface area contributed by atoms with Gasteiger partial charge in [0.05, 0.1) is 0 Å². The molecule has 2 aromatic rings. The van der Waals surface area contributed by atoms with E-state index < -0.39 is 0 Å². The zero-order valence-corrected chi connectivity index (χ0v) is 12.6. The van der Waals surface area contributed by atoms with Crippen LogP contribution < -0.4 is 5.32 Å². The summed E-state index contributed by atoms with van der Waals surface area (Å²) in [5.74, 6) is -0.130. The van der Waals surface area contributed by atoms with Crippen LogP contribution in [-0.2, 0) is 6.42 Å². The fraction of sp³-hybridized carbons (Fsp3) is 0.333. The monoisotopic (exact) mass is 271 g/mol. The van der Waals surface area contributed by atoms with Crippen LogP contribution in [0.2, 0.25) is 0 Å². The first-order chi connectivity index (χ1) is 9.51. The number of hydrogen-bond donors (Lipinski definition) is 1. The SMILES string of the molecule is CNC(Cc1cc(C)ccc1C)c1ccc(C)cc1F. The Balaban J connectivity index is 2.31. The van der Waals surface area contributed by atoms with Gasteiger partial charge in [-0.1, -0.05) is 35.9 Å². The average Bonchev–Trinajstić information content (AvgIpc) is 2.40. The Morgan fingerprint density at radius 1 is 1.00 bits per heavy atom. The lowest BCUT2D eigenvalue weighted by Gasteiger charge is -2.19. The van der Waals surface area contributed by atoms with Crippen molar-refractivity contribution in [3.63, 3.8) is 0 Å². The van der Waals surface area contributed by atoms with Crippen molar-refractivity contribution in [2.45, 2.75) is 33.2 Å². The molecule has 0 fully saturated rings. The minimum Gasteiger partial charge on any atom is -0.313 e. The Bertz CT molecular complexity index is 604. The molecular weight excluding hydrogens is 249 g/mol. The van der Waals surface area contributed by atoms with Gasteiger partial charge in [-0.3, -0.25) is 0 Å². The maximum atomic E-state index is 14.1. The fourth-order valence-corrected chi connectivity index (χ4v) is 2.52. The highest BCUT2D eigenvalue weighted by Crippen LogP contribution is 2.24. The van der Waals surface area contributed by atoms with E-state index in [0.717, 1.165) is 17.5 Å². The summed E-state index contributed by atoms with van der Waals surface area (Å²) < 4.78 is 14.1. The van der Waals surface area contributed by atoms with Crippen LogP contribution in [-0.4, -0.2) is 7.05 Å². The normalized spacial score (nSPS) is 12.4. The van der Waals surface area contributed by atoms with Gasteiger partial charge in [0, 0.05) is 11.6 Å². The lowest BCUT2D eigenvalue weighted by atomic mass is 9.94. The van der Waals surface area contributed by atoms with Crippen molar-refractivity contribution in [2.75, 3.05) is 7.05 Å². The van der Waals surface area contributed by atoms with Gasteiger partial charge in [0.1, 0.15) is 5.82 Å². The molecule has 0 aliphatic rings. The first-order valence-electron chi connectivity index (χ1n) is 7.00. The maximum Gasteiger partial charge on any atom is 0.128 e. The molecule has 0 heterocycles. The highest BCUT2D eigenvalue weighted by molar-refractivity contribution is 5.33. The van der Waals surface area contributed by atoms with E-state index >= 15 is 0 Å². The Morgan fingerprint density at radius 3 is 2.30 bits per heavy atom. The number of nitrogens with one attached hydrogen (secondary N) is 1. The summed E-state index contributed by atoms with van der Waals surface area (Å²) in [7, 11) is 1.88. The third-order valence-corrected chi connectivity index (χ3v) is 3.81. The van der Waals surface area contributed by atoms with Gasteiger partial charge in [0.15, 0.2) is 0 Å². The molecular formula is C18H22FN. The standard InChI is InChI=1S/C18H22FN/c1-12-5-7-14(3)15(9-12)11-18(20-4)16-8-6-13(2)10-17(16)19/h5-10,18,20H,11H2,1-4H3. The van der Waals surface area contributed by atoms with E-state index in [4.69, 9.17) is 0 Å². The fourth-order valence-electron chi connectivity index (χ4n) is 2.52. The first kappa shape index (κ1) is 14.7. The number of hydrogen-bond acceptors (Lipinski definition) is 1. The highest BCUT2D eigenvalue weighted by atomic mass is 19.1. The molecule has 0 spiro atoms. The van der Waals surface area contributed by atoms with Crippen LogP contribution in [0.1, 0.15) is 33.9 Å². The molecule has 0 aliphatic carbocycles. The minimum atomic E-state index is -0.130. The van der Waals surface area contributed by atoms with E-state index in [2.05, 4.69) is 37.4 Å². The number of likely N-dealkylation sites (N-methyl/N-ethyl adjacent to an activating group) is 1. The summed E-state index contributed by atoms with van der Waals surface area (Å²) in [4.78, 5) is 0. The molecule has 0 amide bonds. The van der Waals surface area contributed by atoms with Crippen LogP contribution in [0.25, 0.3) is 0 Å². The molecule has 0 aromatic heterocycles. The molecule has 2 heteroatoms. The minimum absolute atomic E-state index is 0.00361. The lowest BCUT2D eigenvalue weighted by molar-refractivity contribution is 0.532. The van der Waals surface area contributed by atoms with E-state index in [0.29, 0.717) is 0 Å². The van der Waals surface area contributed by atoms with Gasteiger partial charge in [0.2, 0.25) is 0 Å². The summed E-state index contributed by atoms with van der Waals surface area (Å²) in [6.07, 6.45) is 0.796. The third-order valence-electron chi connectivity index (χ3n) is 3.81. The van der Waals surface area contributed by atoms with Crippen molar-refractivity contribution >= 4 is 0 Å². The third kappa shape index (κ3) is 3.26. The van der Waals surface area contributed by atoms with Crippen molar-refractivity contribution in [3.8, 4) is 0 Å². The molecule has 0 bridgehead atoms. The molecule has 0 radical (unpaired) electrons. The summed E-state index contributed by atoms with van der Waals surface area (Å²) in [5.41, 5.74) is 5.45. The zero-order valence-electron chi connectivity index (χ0n) is 12.6. The second-order valence-electron chi connectivity index (χ2n) is 5.50. The maximum absolute atomic E-state index is 14.1. The summed E-state index contributed by atoms with van der Waals surface area (Å²) >= 11 is 0. The van der Waals surface area contributed by atoms with Crippen LogP contribution in [0.15, 0.2) is 36.4 Å². The number of rotatable bonds is 4. The predicted molar refractivity (Wildman–Crippen MR) is 82.6 cm³/mol. The van der Waals surface area contributed by atoms with Crippen molar-refractivity contribution < 1.29 is 4.39 Å². The van der Waals surface area contributed by atoms with Crippen LogP contribution in [0.3, 0.4) is 0 Å². The Kier molecular flexibility index (Phi) is 4.56. The smallest absolute Gasteiger partial charge is 0.128 e. The molecule has 2 aromatic carbocycles. The second-order valence-corrected chi connectivity index (χ2v) is 5.50. The molecule has 1 atom stereocenters. The largest absolute Gasteiger partial charge is 0.313 e. The first-order valence-corrected chi connectivity index (χ1v) is 7.00. The summed E-state index contributed by atoms with van der Waals surface area (Å²) in [5, 5.41) is 3.23. The number of halogens is 1. The van der Waals surface area contributed by atoms with Crippen molar-refractivity contribution in [3.05, 3.63) is 70.0 Å².